The number of thiazole rings is 1. The third kappa shape index (κ3) is 3.54. The SMILES string of the molecule is CCC1CCC(C(=O)O)C(N(C)Cc2cscn2)C1. The lowest BCUT2D eigenvalue weighted by molar-refractivity contribution is -0.146. The van der Waals surface area contributed by atoms with E-state index in [0.717, 1.165) is 37.9 Å². The normalized spacial score (nSPS) is 27.6. The molecule has 2 rings (SSSR count). The molecule has 1 N–H and O–H groups in total. The molecule has 1 aliphatic carbocycles. The van der Waals surface area contributed by atoms with Gasteiger partial charge in [-0.1, -0.05) is 13.3 Å². The van der Waals surface area contributed by atoms with Crippen molar-refractivity contribution >= 4 is 17.3 Å². The second-order valence-electron chi connectivity index (χ2n) is 5.49. The Balaban J connectivity index is 2.05. The van der Waals surface area contributed by atoms with E-state index in [0.29, 0.717) is 5.92 Å². The minimum absolute atomic E-state index is 0.137. The molecule has 0 aromatic carbocycles. The number of carboxylic acids is 1. The Labute approximate surface area is 118 Å². The molecule has 1 saturated carbocycles. The van der Waals surface area contributed by atoms with Crippen molar-refractivity contribution in [3.05, 3.63) is 16.6 Å². The molecule has 0 bridgehead atoms. The largest absolute Gasteiger partial charge is 0.481 e. The van der Waals surface area contributed by atoms with Gasteiger partial charge in [-0.15, -0.1) is 11.3 Å². The molecule has 1 heterocycles. The summed E-state index contributed by atoms with van der Waals surface area (Å²) in [5.41, 5.74) is 2.86. The Morgan fingerprint density at radius 2 is 2.37 bits per heavy atom. The predicted molar refractivity (Wildman–Crippen MR) is 76.1 cm³/mol. The summed E-state index contributed by atoms with van der Waals surface area (Å²) < 4.78 is 0. The number of rotatable bonds is 5. The zero-order valence-corrected chi connectivity index (χ0v) is 12.4. The van der Waals surface area contributed by atoms with E-state index in [4.69, 9.17) is 0 Å². The van der Waals surface area contributed by atoms with Crippen LogP contribution in [0.25, 0.3) is 0 Å². The average Bonchev–Trinajstić information content (AvgIpc) is 2.90. The van der Waals surface area contributed by atoms with Crippen molar-refractivity contribution in [1.82, 2.24) is 9.88 Å². The van der Waals surface area contributed by atoms with Crippen molar-refractivity contribution in [3.8, 4) is 0 Å². The zero-order valence-electron chi connectivity index (χ0n) is 11.6. The standard InChI is InChI=1S/C14H22N2O2S/c1-3-10-4-5-12(14(17)18)13(6-10)16(2)7-11-8-19-9-15-11/h8-10,12-13H,3-7H2,1-2H3,(H,17,18). The summed E-state index contributed by atoms with van der Waals surface area (Å²) in [6.45, 7) is 2.94. The van der Waals surface area contributed by atoms with Crippen LogP contribution >= 0.6 is 11.3 Å². The zero-order chi connectivity index (χ0) is 13.8. The Morgan fingerprint density at radius 3 is 2.95 bits per heavy atom. The number of aliphatic carboxylic acids is 1. The molecule has 3 unspecified atom stereocenters. The number of hydrogen-bond donors (Lipinski definition) is 1. The Hall–Kier alpha value is -0.940. The number of aromatic nitrogens is 1. The molecule has 4 nitrogen and oxygen atoms in total. The quantitative estimate of drug-likeness (QED) is 0.902. The van der Waals surface area contributed by atoms with Gasteiger partial charge in [0.15, 0.2) is 0 Å². The van der Waals surface area contributed by atoms with Crippen LogP contribution in [0.15, 0.2) is 10.9 Å². The van der Waals surface area contributed by atoms with E-state index in [2.05, 4.69) is 16.8 Å². The maximum Gasteiger partial charge on any atom is 0.308 e. The van der Waals surface area contributed by atoms with Crippen molar-refractivity contribution in [3.63, 3.8) is 0 Å². The van der Waals surface area contributed by atoms with Gasteiger partial charge >= 0.3 is 5.97 Å². The first kappa shape index (κ1) is 14.5. The molecule has 1 aromatic heterocycles. The first-order chi connectivity index (χ1) is 9.11. The van der Waals surface area contributed by atoms with E-state index in [1.165, 1.54) is 0 Å². The van der Waals surface area contributed by atoms with Crippen LogP contribution in [0.3, 0.4) is 0 Å². The first-order valence-electron chi connectivity index (χ1n) is 6.92. The maximum atomic E-state index is 11.4. The Bertz CT molecular complexity index is 408. The van der Waals surface area contributed by atoms with E-state index in [9.17, 15) is 9.90 Å². The maximum absolute atomic E-state index is 11.4. The molecule has 1 fully saturated rings. The fraction of sp³-hybridized carbons (Fsp3) is 0.714. The molecular formula is C14H22N2O2S. The van der Waals surface area contributed by atoms with Crippen LogP contribution in [-0.4, -0.2) is 34.0 Å². The highest BCUT2D eigenvalue weighted by molar-refractivity contribution is 7.07. The first-order valence-corrected chi connectivity index (χ1v) is 7.86. The van der Waals surface area contributed by atoms with Gasteiger partial charge in [-0.2, -0.15) is 0 Å². The summed E-state index contributed by atoms with van der Waals surface area (Å²) in [6, 6.07) is 0.137. The van der Waals surface area contributed by atoms with Gasteiger partial charge in [0.2, 0.25) is 0 Å². The number of carbonyl (C=O) groups is 1. The van der Waals surface area contributed by atoms with E-state index < -0.39 is 5.97 Å². The van der Waals surface area contributed by atoms with Gasteiger partial charge in [0.1, 0.15) is 0 Å². The monoisotopic (exact) mass is 282 g/mol. The molecule has 0 spiro atoms. The van der Waals surface area contributed by atoms with E-state index in [1.807, 2.05) is 17.9 Å². The van der Waals surface area contributed by atoms with E-state index in [1.54, 1.807) is 11.3 Å². The minimum Gasteiger partial charge on any atom is -0.481 e. The molecule has 0 amide bonds. The van der Waals surface area contributed by atoms with Crippen molar-refractivity contribution in [2.24, 2.45) is 11.8 Å². The molecule has 19 heavy (non-hydrogen) atoms. The highest BCUT2D eigenvalue weighted by Gasteiger charge is 2.36. The fourth-order valence-corrected chi connectivity index (χ4v) is 3.62. The molecule has 0 saturated heterocycles. The molecule has 0 aliphatic heterocycles. The summed E-state index contributed by atoms with van der Waals surface area (Å²) >= 11 is 1.59. The summed E-state index contributed by atoms with van der Waals surface area (Å²) in [6.07, 6.45) is 4.00. The van der Waals surface area contributed by atoms with Crippen molar-refractivity contribution in [1.29, 1.82) is 0 Å². The predicted octanol–water partition coefficient (Wildman–Crippen LogP) is 2.85. The minimum atomic E-state index is -0.648. The summed E-state index contributed by atoms with van der Waals surface area (Å²) in [7, 11) is 2.03. The fourth-order valence-electron chi connectivity index (χ4n) is 3.07. The smallest absolute Gasteiger partial charge is 0.308 e. The molecule has 5 heteroatoms. The highest BCUT2D eigenvalue weighted by Crippen LogP contribution is 2.34. The van der Waals surface area contributed by atoms with E-state index in [-0.39, 0.29) is 12.0 Å². The lowest BCUT2D eigenvalue weighted by Gasteiger charge is -2.39. The summed E-state index contributed by atoms with van der Waals surface area (Å²) in [4.78, 5) is 17.9. The third-order valence-electron chi connectivity index (χ3n) is 4.28. The van der Waals surface area contributed by atoms with Gasteiger partial charge in [0.25, 0.3) is 0 Å². The van der Waals surface area contributed by atoms with Crippen LogP contribution in [0.4, 0.5) is 0 Å². The van der Waals surface area contributed by atoms with Gasteiger partial charge < -0.3 is 5.11 Å². The molecular weight excluding hydrogens is 260 g/mol. The Kier molecular flexibility index (Phi) is 4.93. The summed E-state index contributed by atoms with van der Waals surface area (Å²) in [5.74, 6) is -0.213. The topological polar surface area (TPSA) is 53.4 Å². The van der Waals surface area contributed by atoms with Crippen LogP contribution in [-0.2, 0) is 11.3 Å². The molecule has 1 aromatic rings. The van der Waals surface area contributed by atoms with Crippen molar-refractivity contribution in [2.45, 2.75) is 45.2 Å². The second-order valence-corrected chi connectivity index (χ2v) is 6.21. The van der Waals surface area contributed by atoms with Crippen LogP contribution < -0.4 is 0 Å². The average molecular weight is 282 g/mol. The molecule has 0 radical (unpaired) electrons. The lowest BCUT2D eigenvalue weighted by Crippen LogP contribution is -2.45. The highest BCUT2D eigenvalue weighted by atomic mass is 32.1. The summed E-state index contributed by atoms with van der Waals surface area (Å²) in [5, 5.41) is 11.4. The number of hydrogen-bond acceptors (Lipinski definition) is 4. The number of nitrogens with zero attached hydrogens (tertiary/aromatic N) is 2. The van der Waals surface area contributed by atoms with Gasteiger partial charge in [-0.25, -0.2) is 4.98 Å². The van der Waals surface area contributed by atoms with Gasteiger partial charge in [0, 0.05) is 18.0 Å². The van der Waals surface area contributed by atoms with Gasteiger partial charge in [-0.05, 0) is 32.2 Å². The van der Waals surface area contributed by atoms with Crippen LogP contribution in [0.5, 0.6) is 0 Å². The molecule has 3 atom stereocenters. The van der Waals surface area contributed by atoms with Crippen LogP contribution in [0.2, 0.25) is 0 Å². The van der Waals surface area contributed by atoms with Crippen molar-refractivity contribution in [2.75, 3.05) is 7.05 Å². The lowest BCUT2D eigenvalue weighted by atomic mass is 9.76. The van der Waals surface area contributed by atoms with Crippen LogP contribution in [0, 0.1) is 11.8 Å². The number of carboxylic acid groups (broad SMARTS) is 1. The van der Waals surface area contributed by atoms with E-state index >= 15 is 0 Å². The van der Waals surface area contributed by atoms with Gasteiger partial charge in [0.05, 0.1) is 17.1 Å². The van der Waals surface area contributed by atoms with Crippen molar-refractivity contribution < 1.29 is 9.90 Å². The molecule has 106 valence electrons. The van der Waals surface area contributed by atoms with Crippen LogP contribution in [0.1, 0.15) is 38.3 Å². The van der Waals surface area contributed by atoms with Gasteiger partial charge in [-0.3, -0.25) is 9.69 Å². The third-order valence-corrected chi connectivity index (χ3v) is 4.92. The Morgan fingerprint density at radius 1 is 1.58 bits per heavy atom. The second kappa shape index (κ2) is 6.48. The molecule has 1 aliphatic rings.